The van der Waals surface area contributed by atoms with Crippen LogP contribution in [0.25, 0.3) is 0 Å². The highest BCUT2D eigenvalue weighted by Crippen LogP contribution is 2.09. The Morgan fingerprint density at radius 3 is 2.30 bits per heavy atom. The van der Waals surface area contributed by atoms with Crippen LogP contribution in [-0.4, -0.2) is 25.4 Å². The third kappa shape index (κ3) is 6.54. The highest BCUT2D eigenvalue weighted by atomic mass is 35.5. The Balaban J connectivity index is 0.00000361. The molecule has 0 aromatic heterocycles. The first kappa shape index (κ1) is 18.4. The Morgan fingerprint density at radius 2 is 1.80 bits per heavy atom. The summed E-state index contributed by atoms with van der Waals surface area (Å²) in [7, 11) is 1.82. The summed E-state index contributed by atoms with van der Waals surface area (Å²) in [6.07, 6.45) is 0. The van der Waals surface area contributed by atoms with E-state index in [9.17, 15) is 9.59 Å². The lowest BCUT2D eigenvalue weighted by Gasteiger charge is -2.11. The molecule has 112 valence electrons. The molecule has 0 spiro atoms. The van der Waals surface area contributed by atoms with Crippen LogP contribution >= 0.6 is 12.4 Å². The molecule has 0 heterocycles. The molecule has 1 rings (SSSR count). The van der Waals surface area contributed by atoms with Gasteiger partial charge in [0.05, 0.1) is 0 Å². The van der Waals surface area contributed by atoms with Crippen molar-refractivity contribution in [1.82, 2.24) is 10.6 Å². The summed E-state index contributed by atoms with van der Waals surface area (Å²) in [4.78, 5) is 22.6. The Kier molecular flexibility index (Phi) is 8.59. The van der Waals surface area contributed by atoms with Crippen LogP contribution in [0.5, 0.6) is 0 Å². The van der Waals surface area contributed by atoms with Gasteiger partial charge in [-0.3, -0.25) is 9.59 Å². The number of anilines is 1. The van der Waals surface area contributed by atoms with Crippen molar-refractivity contribution < 1.29 is 9.59 Å². The SMILES string of the molecule is CNCC(C)C(=O)NCc1ccc(NC(C)=O)cc1.Cl. The van der Waals surface area contributed by atoms with Crippen LogP contribution in [0, 0.1) is 5.92 Å². The monoisotopic (exact) mass is 299 g/mol. The molecule has 0 aliphatic carbocycles. The average molecular weight is 300 g/mol. The minimum absolute atomic E-state index is 0. The second-order valence-corrected chi connectivity index (χ2v) is 4.55. The van der Waals surface area contributed by atoms with Gasteiger partial charge in [-0.05, 0) is 24.7 Å². The summed E-state index contributed by atoms with van der Waals surface area (Å²) in [5.74, 6) is -0.120. The van der Waals surface area contributed by atoms with Crippen molar-refractivity contribution >= 4 is 29.9 Å². The number of amides is 2. The molecule has 1 aromatic rings. The van der Waals surface area contributed by atoms with Crippen LogP contribution in [0.3, 0.4) is 0 Å². The molecule has 1 atom stereocenters. The predicted molar refractivity (Wildman–Crippen MR) is 82.9 cm³/mol. The molecule has 0 aliphatic heterocycles. The topological polar surface area (TPSA) is 70.2 Å². The number of carbonyl (C=O) groups excluding carboxylic acids is 2. The first-order valence-electron chi connectivity index (χ1n) is 6.31. The number of rotatable bonds is 6. The largest absolute Gasteiger partial charge is 0.352 e. The summed E-state index contributed by atoms with van der Waals surface area (Å²) in [6.45, 7) is 4.50. The molecule has 0 aliphatic rings. The summed E-state index contributed by atoms with van der Waals surface area (Å²) in [5.41, 5.74) is 1.75. The zero-order chi connectivity index (χ0) is 14.3. The standard InChI is InChI=1S/C14H21N3O2.ClH/c1-10(8-15-3)14(19)16-9-12-4-6-13(7-5-12)17-11(2)18;/h4-7,10,15H,8-9H2,1-3H3,(H,16,19)(H,17,18);1H. The van der Waals surface area contributed by atoms with Crippen molar-refractivity contribution in [1.29, 1.82) is 0 Å². The van der Waals surface area contributed by atoms with E-state index in [4.69, 9.17) is 0 Å². The van der Waals surface area contributed by atoms with Crippen LogP contribution in [0.1, 0.15) is 19.4 Å². The van der Waals surface area contributed by atoms with Crippen LogP contribution < -0.4 is 16.0 Å². The number of hydrogen-bond acceptors (Lipinski definition) is 3. The maximum Gasteiger partial charge on any atom is 0.224 e. The highest BCUT2D eigenvalue weighted by molar-refractivity contribution is 5.88. The molecule has 20 heavy (non-hydrogen) atoms. The smallest absolute Gasteiger partial charge is 0.224 e. The van der Waals surface area contributed by atoms with E-state index >= 15 is 0 Å². The number of hydrogen-bond donors (Lipinski definition) is 3. The maximum atomic E-state index is 11.7. The van der Waals surface area contributed by atoms with Crippen LogP contribution in [0.15, 0.2) is 24.3 Å². The van der Waals surface area contributed by atoms with Crippen molar-refractivity contribution in [2.45, 2.75) is 20.4 Å². The van der Waals surface area contributed by atoms with E-state index < -0.39 is 0 Å². The molecule has 0 bridgehead atoms. The molecule has 1 aromatic carbocycles. The molecule has 0 radical (unpaired) electrons. The summed E-state index contributed by atoms with van der Waals surface area (Å²) < 4.78 is 0. The highest BCUT2D eigenvalue weighted by Gasteiger charge is 2.10. The van der Waals surface area contributed by atoms with Gasteiger partial charge < -0.3 is 16.0 Å². The van der Waals surface area contributed by atoms with E-state index in [0.717, 1.165) is 11.3 Å². The lowest BCUT2D eigenvalue weighted by Crippen LogP contribution is -2.33. The minimum Gasteiger partial charge on any atom is -0.352 e. The van der Waals surface area contributed by atoms with Gasteiger partial charge >= 0.3 is 0 Å². The van der Waals surface area contributed by atoms with E-state index in [1.54, 1.807) is 0 Å². The van der Waals surface area contributed by atoms with Gasteiger partial charge in [0.2, 0.25) is 11.8 Å². The Hall–Kier alpha value is -1.59. The zero-order valence-electron chi connectivity index (χ0n) is 12.0. The minimum atomic E-state index is -0.0954. The zero-order valence-corrected chi connectivity index (χ0v) is 12.8. The molecule has 6 heteroatoms. The van der Waals surface area contributed by atoms with Crippen LogP contribution in [0.4, 0.5) is 5.69 Å². The molecule has 0 saturated heterocycles. The number of carbonyl (C=O) groups is 2. The summed E-state index contributed by atoms with van der Waals surface area (Å²) in [6, 6.07) is 7.41. The van der Waals surface area contributed by atoms with Gasteiger partial charge in [0.15, 0.2) is 0 Å². The molecule has 1 unspecified atom stereocenters. The van der Waals surface area contributed by atoms with E-state index in [1.165, 1.54) is 6.92 Å². The third-order valence-electron chi connectivity index (χ3n) is 2.70. The van der Waals surface area contributed by atoms with Crippen LogP contribution in [-0.2, 0) is 16.1 Å². The van der Waals surface area contributed by atoms with Crippen molar-refractivity contribution in [3.8, 4) is 0 Å². The van der Waals surface area contributed by atoms with Crippen molar-refractivity contribution in [3.05, 3.63) is 29.8 Å². The van der Waals surface area contributed by atoms with Crippen molar-refractivity contribution in [2.24, 2.45) is 5.92 Å². The van der Waals surface area contributed by atoms with Gasteiger partial charge in [-0.15, -0.1) is 12.4 Å². The first-order chi connectivity index (χ1) is 9.02. The molecule has 5 nitrogen and oxygen atoms in total. The fourth-order valence-electron chi connectivity index (χ4n) is 1.67. The molecule has 0 saturated carbocycles. The maximum absolute atomic E-state index is 11.7. The summed E-state index contributed by atoms with van der Waals surface area (Å²) >= 11 is 0. The van der Waals surface area contributed by atoms with Crippen molar-refractivity contribution in [3.63, 3.8) is 0 Å². The average Bonchev–Trinajstić information content (AvgIpc) is 2.37. The third-order valence-corrected chi connectivity index (χ3v) is 2.70. The molecular formula is C14H22ClN3O2. The van der Waals surface area contributed by atoms with E-state index in [2.05, 4.69) is 16.0 Å². The van der Waals surface area contributed by atoms with Gasteiger partial charge in [0.1, 0.15) is 0 Å². The second-order valence-electron chi connectivity index (χ2n) is 4.55. The molecule has 2 amide bonds. The lowest BCUT2D eigenvalue weighted by atomic mass is 10.1. The Bertz CT molecular complexity index is 435. The van der Waals surface area contributed by atoms with Gasteiger partial charge in [-0.25, -0.2) is 0 Å². The quantitative estimate of drug-likeness (QED) is 0.746. The Morgan fingerprint density at radius 1 is 1.20 bits per heavy atom. The van der Waals surface area contributed by atoms with E-state index in [0.29, 0.717) is 13.1 Å². The summed E-state index contributed by atoms with van der Waals surface area (Å²) in [5, 5.41) is 8.55. The second kappa shape index (κ2) is 9.34. The van der Waals surface area contributed by atoms with Gasteiger partial charge in [-0.2, -0.15) is 0 Å². The normalized spacial score (nSPS) is 11.2. The molecular weight excluding hydrogens is 278 g/mol. The molecule has 0 fully saturated rings. The number of benzene rings is 1. The number of nitrogens with one attached hydrogen (secondary N) is 3. The van der Waals surface area contributed by atoms with Gasteiger partial charge in [0, 0.05) is 31.6 Å². The van der Waals surface area contributed by atoms with Crippen molar-refractivity contribution in [2.75, 3.05) is 18.9 Å². The first-order valence-corrected chi connectivity index (χ1v) is 6.31. The van der Waals surface area contributed by atoms with Gasteiger partial charge in [-0.1, -0.05) is 19.1 Å². The van der Waals surface area contributed by atoms with E-state index in [-0.39, 0.29) is 30.1 Å². The number of halogens is 1. The van der Waals surface area contributed by atoms with E-state index in [1.807, 2.05) is 38.2 Å². The predicted octanol–water partition coefficient (Wildman–Crippen LogP) is 1.54. The Labute approximate surface area is 125 Å². The fraction of sp³-hybridized carbons (Fsp3) is 0.429. The van der Waals surface area contributed by atoms with Gasteiger partial charge in [0.25, 0.3) is 0 Å². The molecule has 3 N–H and O–H groups in total. The fourth-order valence-corrected chi connectivity index (χ4v) is 1.67. The van der Waals surface area contributed by atoms with Crippen LogP contribution in [0.2, 0.25) is 0 Å². The lowest BCUT2D eigenvalue weighted by molar-refractivity contribution is -0.124.